The lowest BCUT2D eigenvalue weighted by Crippen LogP contribution is -2.32. The van der Waals surface area contributed by atoms with E-state index in [1.54, 1.807) is 20.8 Å². The van der Waals surface area contributed by atoms with E-state index in [0.717, 1.165) is 18.8 Å². The molecule has 0 unspecified atom stereocenters. The van der Waals surface area contributed by atoms with Gasteiger partial charge in [-0.25, -0.2) is 4.79 Å². The van der Waals surface area contributed by atoms with E-state index in [-0.39, 0.29) is 19.1 Å². The summed E-state index contributed by atoms with van der Waals surface area (Å²) in [6.45, 7) is 8.59. The minimum Gasteiger partial charge on any atom is -0.463 e. The quantitative estimate of drug-likeness (QED) is 0.625. The summed E-state index contributed by atoms with van der Waals surface area (Å²) in [7, 11) is 0. The molecule has 0 aliphatic heterocycles. The number of esters is 1. The summed E-state index contributed by atoms with van der Waals surface area (Å²) < 4.78 is 10.3. The van der Waals surface area contributed by atoms with Crippen molar-refractivity contribution in [1.29, 1.82) is 0 Å². The maximum absolute atomic E-state index is 11.5. The van der Waals surface area contributed by atoms with Gasteiger partial charge >= 0.3 is 12.1 Å². The molecule has 0 atom stereocenters. The van der Waals surface area contributed by atoms with E-state index in [9.17, 15) is 9.59 Å². The van der Waals surface area contributed by atoms with E-state index in [1.807, 2.05) is 0 Å². The minimum absolute atomic E-state index is 0.173. The van der Waals surface area contributed by atoms with E-state index in [0.29, 0.717) is 12.5 Å². The van der Waals surface area contributed by atoms with Crippen molar-refractivity contribution in [2.45, 2.75) is 53.4 Å². The molecule has 0 saturated heterocycles. The zero-order valence-corrected chi connectivity index (χ0v) is 13.7. The van der Waals surface area contributed by atoms with Crippen LogP contribution in [0.25, 0.3) is 0 Å². The van der Waals surface area contributed by atoms with Gasteiger partial charge in [-0.15, -0.1) is 0 Å². The van der Waals surface area contributed by atoms with E-state index < -0.39 is 11.5 Å². The van der Waals surface area contributed by atoms with Crippen LogP contribution in [0.4, 0.5) is 4.79 Å². The number of nitrogens with one attached hydrogen (secondary N) is 1. The Labute approximate surface area is 127 Å². The molecule has 0 spiro atoms. The smallest absolute Gasteiger partial charge is 0.407 e. The van der Waals surface area contributed by atoms with E-state index in [2.05, 4.69) is 12.2 Å². The number of alkyl carbamates (subject to hydrolysis) is 1. The largest absolute Gasteiger partial charge is 0.463 e. The van der Waals surface area contributed by atoms with Crippen LogP contribution in [-0.2, 0) is 14.3 Å². The molecule has 1 saturated carbocycles. The third-order valence-electron chi connectivity index (χ3n) is 3.80. The van der Waals surface area contributed by atoms with Crippen LogP contribution in [0.3, 0.4) is 0 Å². The molecule has 21 heavy (non-hydrogen) atoms. The van der Waals surface area contributed by atoms with Gasteiger partial charge in [-0.05, 0) is 45.4 Å². The van der Waals surface area contributed by atoms with Gasteiger partial charge in [0.2, 0.25) is 0 Å². The molecule has 1 aliphatic carbocycles. The maximum atomic E-state index is 11.5. The summed E-state index contributed by atoms with van der Waals surface area (Å²) >= 11 is 0. The maximum Gasteiger partial charge on any atom is 0.407 e. The molecule has 1 fully saturated rings. The van der Waals surface area contributed by atoms with Gasteiger partial charge in [0, 0.05) is 0 Å². The number of carbonyl (C=O) groups is 2. The first-order chi connectivity index (χ1) is 9.79. The predicted octanol–water partition coefficient (Wildman–Crippen LogP) is 3.13. The van der Waals surface area contributed by atoms with Gasteiger partial charge in [0.15, 0.2) is 0 Å². The summed E-state index contributed by atoms with van der Waals surface area (Å²) in [4.78, 5) is 23.0. The summed E-state index contributed by atoms with van der Waals surface area (Å²) in [5.41, 5.74) is -0.515. The lowest BCUT2D eigenvalue weighted by molar-refractivity contribution is -0.152. The molecule has 1 N–H and O–H groups in total. The minimum atomic E-state index is -0.515. The number of rotatable bonds is 5. The van der Waals surface area contributed by atoms with Gasteiger partial charge in [-0.2, -0.15) is 0 Å². The normalized spacial score (nSPS) is 22.5. The first-order valence-corrected chi connectivity index (χ1v) is 7.87. The average molecular weight is 299 g/mol. The van der Waals surface area contributed by atoms with Crippen LogP contribution in [0.2, 0.25) is 0 Å². The molecule has 0 aromatic carbocycles. The van der Waals surface area contributed by atoms with Crippen molar-refractivity contribution in [2.24, 2.45) is 17.3 Å². The fourth-order valence-electron chi connectivity index (χ4n) is 2.25. The Morgan fingerprint density at radius 3 is 2.29 bits per heavy atom. The highest BCUT2D eigenvalue weighted by atomic mass is 16.6. The molecular weight excluding hydrogens is 270 g/mol. The highest BCUT2D eigenvalue weighted by Crippen LogP contribution is 2.28. The first kappa shape index (κ1) is 17.8. The molecule has 1 rings (SSSR count). The van der Waals surface area contributed by atoms with Gasteiger partial charge in [-0.3, -0.25) is 4.79 Å². The van der Waals surface area contributed by atoms with E-state index in [4.69, 9.17) is 9.47 Å². The Hall–Kier alpha value is -1.26. The molecule has 1 aliphatic rings. The monoisotopic (exact) mass is 299 g/mol. The van der Waals surface area contributed by atoms with Crippen LogP contribution >= 0.6 is 0 Å². The molecular formula is C16H29NO4. The van der Waals surface area contributed by atoms with Gasteiger partial charge in [0.1, 0.15) is 6.61 Å². The van der Waals surface area contributed by atoms with Crippen molar-refractivity contribution < 1.29 is 19.1 Å². The predicted molar refractivity (Wildman–Crippen MR) is 80.9 cm³/mol. The van der Waals surface area contributed by atoms with Crippen LogP contribution < -0.4 is 5.32 Å². The van der Waals surface area contributed by atoms with Gasteiger partial charge in [0.25, 0.3) is 0 Å². The average Bonchev–Trinajstić information content (AvgIpc) is 2.41. The Kier molecular flexibility index (Phi) is 6.99. The second-order valence-corrected chi connectivity index (χ2v) is 7.04. The first-order valence-electron chi connectivity index (χ1n) is 7.87. The van der Waals surface area contributed by atoms with Crippen molar-refractivity contribution in [3.63, 3.8) is 0 Å². The number of hydrogen-bond acceptors (Lipinski definition) is 4. The third-order valence-corrected chi connectivity index (χ3v) is 3.80. The van der Waals surface area contributed by atoms with Crippen LogP contribution in [-0.4, -0.2) is 31.8 Å². The van der Waals surface area contributed by atoms with Crippen molar-refractivity contribution >= 4 is 12.1 Å². The number of amides is 1. The molecule has 1 amide bonds. The summed E-state index contributed by atoms with van der Waals surface area (Å²) in [6.07, 6.45) is 4.28. The van der Waals surface area contributed by atoms with Gasteiger partial charge in [0.05, 0.1) is 18.6 Å². The van der Waals surface area contributed by atoms with Crippen LogP contribution in [0.1, 0.15) is 53.4 Å². The zero-order chi connectivity index (χ0) is 15.9. The lowest BCUT2D eigenvalue weighted by atomic mass is 9.83. The molecule has 0 aromatic heterocycles. The standard InChI is InChI=1S/C16H29NO4/c1-12-5-7-13(8-6-12)11-21-15(19)17-9-10-20-14(18)16(2,3)4/h12-13H,5-11H2,1-4H3,(H,17,19). The summed E-state index contributed by atoms with van der Waals surface area (Å²) in [5, 5.41) is 2.60. The highest BCUT2D eigenvalue weighted by Gasteiger charge is 2.23. The van der Waals surface area contributed by atoms with Crippen LogP contribution in [0, 0.1) is 17.3 Å². The summed E-state index contributed by atoms with van der Waals surface area (Å²) in [5.74, 6) is 1.02. The van der Waals surface area contributed by atoms with E-state index in [1.165, 1.54) is 12.8 Å². The highest BCUT2D eigenvalue weighted by molar-refractivity contribution is 5.75. The Morgan fingerprint density at radius 1 is 1.10 bits per heavy atom. The zero-order valence-electron chi connectivity index (χ0n) is 13.7. The third kappa shape index (κ3) is 7.34. The molecule has 5 nitrogen and oxygen atoms in total. The number of hydrogen-bond donors (Lipinski definition) is 1. The summed E-state index contributed by atoms with van der Waals surface area (Å²) in [6, 6.07) is 0. The van der Waals surface area contributed by atoms with Crippen LogP contribution in [0.5, 0.6) is 0 Å². The second kappa shape index (κ2) is 8.25. The molecule has 0 radical (unpaired) electrons. The van der Waals surface area contributed by atoms with Crippen molar-refractivity contribution in [3.05, 3.63) is 0 Å². The SMILES string of the molecule is CC1CCC(COC(=O)NCCOC(=O)C(C)(C)C)CC1. The van der Waals surface area contributed by atoms with Gasteiger partial charge < -0.3 is 14.8 Å². The van der Waals surface area contributed by atoms with Crippen molar-refractivity contribution in [1.82, 2.24) is 5.32 Å². The lowest BCUT2D eigenvalue weighted by Gasteiger charge is -2.25. The Bertz CT molecular complexity index is 341. The fraction of sp³-hybridized carbons (Fsp3) is 0.875. The molecule has 5 heteroatoms. The molecule has 122 valence electrons. The molecule has 0 heterocycles. The van der Waals surface area contributed by atoms with Crippen molar-refractivity contribution in [3.8, 4) is 0 Å². The van der Waals surface area contributed by atoms with Crippen molar-refractivity contribution in [2.75, 3.05) is 19.8 Å². The topological polar surface area (TPSA) is 64.6 Å². The molecule has 0 aromatic rings. The molecule has 0 bridgehead atoms. The second-order valence-electron chi connectivity index (χ2n) is 7.04. The Balaban J connectivity index is 2.05. The number of ether oxygens (including phenoxy) is 2. The van der Waals surface area contributed by atoms with E-state index >= 15 is 0 Å². The fourth-order valence-corrected chi connectivity index (χ4v) is 2.25. The van der Waals surface area contributed by atoms with Gasteiger partial charge in [-0.1, -0.05) is 19.8 Å². The van der Waals surface area contributed by atoms with Crippen LogP contribution in [0.15, 0.2) is 0 Å². The Morgan fingerprint density at radius 2 is 1.71 bits per heavy atom. The number of carbonyl (C=O) groups excluding carboxylic acids is 2.